The van der Waals surface area contributed by atoms with E-state index in [0.717, 1.165) is 6.21 Å². The van der Waals surface area contributed by atoms with E-state index in [-0.39, 0.29) is 13.2 Å². The smallest absolute Gasteiger partial charge is 0.410 e. The topological polar surface area (TPSA) is 99.6 Å². The molecule has 18 heavy (non-hydrogen) atoms. The summed E-state index contributed by atoms with van der Waals surface area (Å²) in [6.45, 7) is 5.89. The highest BCUT2D eigenvalue weighted by Crippen LogP contribution is 2.10. The van der Waals surface area contributed by atoms with Gasteiger partial charge < -0.3 is 25.9 Å². The Morgan fingerprint density at radius 2 is 2.11 bits per heavy atom. The summed E-state index contributed by atoms with van der Waals surface area (Å²) in [7, 11) is 0. The van der Waals surface area contributed by atoms with Gasteiger partial charge in [0.25, 0.3) is 0 Å². The summed E-state index contributed by atoms with van der Waals surface area (Å²) in [6.07, 6.45) is 2.46. The molecular weight excluding hydrogens is 234 g/mol. The van der Waals surface area contributed by atoms with Crippen molar-refractivity contribution in [3.63, 3.8) is 0 Å². The number of aliphatic hydroxyl groups is 1. The van der Waals surface area contributed by atoms with Crippen LogP contribution in [0.25, 0.3) is 0 Å². The van der Waals surface area contributed by atoms with Crippen LogP contribution in [0.3, 0.4) is 0 Å². The summed E-state index contributed by atoms with van der Waals surface area (Å²) in [4.78, 5) is 13.3. The number of rotatable bonds is 6. The van der Waals surface area contributed by atoms with Crippen LogP contribution in [0.15, 0.2) is 11.8 Å². The zero-order chi connectivity index (χ0) is 14.2. The standard InChI is InChI=1S/C12H23N3O3/c1-12(2,3)18-11(17)15(7-4-8-16)9-10(14)5-6-13/h5-6,13,16H,4,7-9,14H2,1-3H3/b10-5-,13-6?. The molecule has 0 aliphatic heterocycles. The van der Waals surface area contributed by atoms with Crippen molar-refractivity contribution in [2.24, 2.45) is 5.73 Å². The Morgan fingerprint density at radius 1 is 1.50 bits per heavy atom. The second kappa shape index (κ2) is 7.71. The molecule has 0 atom stereocenters. The van der Waals surface area contributed by atoms with Crippen LogP contribution >= 0.6 is 0 Å². The van der Waals surface area contributed by atoms with Crippen molar-refractivity contribution >= 4 is 12.3 Å². The molecule has 0 radical (unpaired) electrons. The molecule has 6 heteroatoms. The second-order valence-electron chi connectivity index (χ2n) is 4.89. The number of nitrogens with two attached hydrogens (primary N) is 1. The second-order valence-corrected chi connectivity index (χ2v) is 4.89. The first-order valence-corrected chi connectivity index (χ1v) is 5.84. The number of aliphatic hydroxyl groups excluding tert-OH is 1. The molecule has 0 fully saturated rings. The minimum atomic E-state index is -0.575. The third-order valence-corrected chi connectivity index (χ3v) is 1.91. The fraction of sp³-hybridized carbons (Fsp3) is 0.667. The molecule has 0 aromatic carbocycles. The van der Waals surface area contributed by atoms with Gasteiger partial charge in [-0.15, -0.1) is 0 Å². The van der Waals surface area contributed by atoms with Crippen LogP contribution in [-0.2, 0) is 4.74 Å². The number of hydrogen-bond acceptors (Lipinski definition) is 5. The van der Waals surface area contributed by atoms with Crippen LogP contribution in [0.5, 0.6) is 0 Å². The molecule has 0 saturated carbocycles. The van der Waals surface area contributed by atoms with Gasteiger partial charge in [0.1, 0.15) is 5.60 Å². The van der Waals surface area contributed by atoms with Crippen molar-refractivity contribution in [1.29, 1.82) is 5.41 Å². The zero-order valence-corrected chi connectivity index (χ0v) is 11.3. The number of nitrogens with zero attached hydrogens (tertiary/aromatic N) is 1. The van der Waals surface area contributed by atoms with Gasteiger partial charge in [0.05, 0.1) is 6.54 Å². The van der Waals surface area contributed by atoms with Crippen LogP contribution in [0.4, 0.5) is 4.79 Å². The summed E-state index contributed by atoms with van der Waals surface area (Å²) in [6, 6.07) is 0. The first kappa shape index (κ1) is 16.4. The van der Waals surface area contributed by atoms with Gasteiger partial charge in [-0.2, -0.15) is 0 Å². The third kappa shape index (κ3) is 7.67. The van der Waals surface area contributed by atoms with E-state index in [1.807, 2.05) is 0 Å². The fourth-order valence-electron chi connectivity index (χ4n) is 1.20. The molecule has 6 nitrogen and oxygen atoms in total. The Kier molecular flexibility index (Phi) is 7.04. The predicted molar refractivity (Wildman–Crippen MR) is 70.6 cm³/mol. The molecule has 1 amide bonds. The van der Waals surface area contributed by atoms with E-state index in [4.69, 9.17) is 21.0 Å². The normalized spacial score (nSPS) is 12.1. The predicted octanol–water partition coefficient (Wildman–Crippen LogP) is 1.10. The average Bonchev–Trinajstić information content (AvgIpc) is 2.21. The molecule has 0 aromatic rings. The quantitative estimate of drug-likeness (QED) is 0.620. The summed E-state index contributed by atoms with van der Waals surface area (Å²) < 4.78 is 5.24. The van der Waals surface area contributed by atoms with Crippen LogP contribution in [-0.4, -0.2) is 47.6 Å². The van der Waals surface area contributed by atoms with Gasteiger partial charge in [-0.05, 0) is 33.3 Å². The number of amides is 1. The van der Waals surface area contributed by atoms with Crippen molar-refractivity contribution in [3.8, 4) is 0 Å². The number of carbonyl (C=O) groups is 1. The molecule has 0 unspecified atom stereocenters. The minimum Gasteiger partial charge on any atom is -0.444 e. The van der Waals surface area contributed by atoms with Crippen LogP contribution in [0.2, 0.25) is 0 Å². The lowest BCUT2D eigenvalue weighted by atomic mass is 10.2. The largest absolute Gasteiger partial charge is 0.444 e. The number of nitrogens with one attached hydrogen (secondary N) is 1. The summed E-state index contributed by atoms with van der Waals surface area (Å²) in [5.41, 5.74) is 5.48. The van der Waals surface area contributed by atoms with E-state index < -0.39 is 11.7 Å². The van der Waals surface area contributed by atoms with Gasteiger partial charge in [-0.25, -0.2) is 4.79 Å². The zero-order valence-electron chi connectivity index (χ0n) is 11.3. The molecule has 0 aliphatic carbocycles. The maximum Gasteiger partial charge on any atom is 0.410 e. The maximum atomic E-state index is 11.9. The summed E-state index contributed by atoms with van der Waals surface area (Å²) >= 11 is 0. The first-order chi connectivity index (χ1) is 8.30. The van der Waals surface area contributed by atoms with Gasteiger partial charge in [-0.1, -0.05) is 0 Å². The van der Waals surface area contributed by atoms with Crippen molar-refractivity contribution < 1.29 is 14.6 Å². The lowest BCUT2D eigenvalue weighted by Crippen LogP contribution is -2.39. The Bertz CT molecular complexity index is 308. The van der Waals surface area contributed by atoms with E-state index >= 15 is 0 Å². The molecular formula is C12H23N3O3. The van der Waals surface area contributed by atoms with E-state index in [1.54, 1.807) is 20.8 Å². The molecule has 0 bridgehead atoms. The van der Waals surface area contributed by atoms with Gasteiger partial charge in [0, 0.05) is 25.1 Å². The SMILES string of the molecule is CC(C)(C)OC(=O)N(CCCO)C/C(N)=C/C=N. The molecule has 4 N–H and O–H groups in total. The first-order valence-electron chi connectivity index (χ1n) is 5.84. The number of ether oxygens (including phenoxy) is 1. The lowest BCUT2D eigenvalue weighted by molar-refractivity contribution is 0.0257. The number of carbonyl (C=O) groups excluding carboxylic acids is 1. The third-order valence-electron chi connectivity index (χ3n) is 1.91. The van der Waals surface area contributed by atoms with E-state index in [2.05, 4.69) is 0 Å². The highest BCUT2D eigenvalue weighted by Gasteiger charge is 2.21. The Labute approximate surface area is 108 Å². The minimum absolute atomic E-state index is 0.00646. The van der Waals surface area contributed by atoms with Crippen LogP contribution < -0.4 is 5.73 Å². The van der Waals surface area contributed by atoms with Gasteiger partial charge >= 0.3 is 6.09 Å². The van der Waals surface area contributed by atoms with Gasteiger partial charge in [0.2, 0.25) is 0 Å². The van der Waals surface area contributed by atoms with Crippen molar-refractivity contribution in [1.82, 2.24) is 4.90 Å². The molecule has 0 saturated heterocycles. The monoisotopic (exact) mass is 257 g/mol. The molecule has 0 spiro atoms. The fourth-order valence-corrected chi connectivity index (χ4v) is 1.20. The lowest BCUT2D eigenvalue weighted by Gasteiger charge is -2.27. The maximum absolute atomic E-state index is 11.9. The molecule has 0 heterocycles. The molecule has 0 aliphatic rings. The van der Waals surface area contributed by atoms with Gasteiger partial charge in [0.15, 0.2) is 0 Å². The summed E-state index contributed by atoms with van der Waals surface area (Å²) in [5, 5.41) is 15.7. The van der Waals surface area contributed by atoms with Crippen molar-refractivity contribution in [2.45, 2.75) is 32.8 Å². The number of hydrogen-bond donors (Lipinski definition) is 3. The van der Waals surface area contributed by atoms with E-state index in [9.17, 15) is 4.79 Å². The number of allylic oxidation sites excluding steroid dienone is 1. The highest BCUT2D eigenvalue weighted by molar-refractivity contribution is 5.70. The Hall–Kier alpha value is -1.56. The highest BCUT2D eigenvalue weighted by atomic mass is 16.6. The van der Waals surface area contributed by atoms with Crippen LogP contribution in [0.1, 0.15) is 27.2 Å². The Morgan fingerprint density at radius 3 is 2.56 bits per heavy atom. The van der Waals surface area contributed by atoms with E-state index in [0.29, 0.717) is 18.7 Å². The van der Waals surface area contributed by atoms with E-state index in [1.165, 1.54) is 11.0 Å². The summed E-state index contributed by atoms with van der Waals surface area (Å²) in [5.74, 6) is 0. The van der Waals surface area contributed by atoms with Crippen molar-refractivity contribution in [3.05, 3.63) is 11.8 Å². The molecule has 104 valence electrons. The molecule has 0 aromatic heterocycles. The Balaban J connectivity index is 4.61. The average molecular weight is 257 g/mol. The van der Waals surface area contributed by atoms with Gasteiger partial charge in [-0.3, -0.25) is 0 Å². The van der Waals surface area contributed by atoms with Crippen molar-refractivity contribution in [2.75, 3.05) is 19.7 Å². The molecule has 0 rings (SSSR count). The van der Waals surface area contributed by atoms with Crippen LogP contribution in [0, 0.1) is 5.41 Å².